The maximum atomic E-state index is 12.0. The van der Waals surface area contributed by atoms with E-state index < -0.39 is 11.5 Å². The third-order valence-electron chi connectivity index (χ3n) is 3.42. The summed E-state index contributed by atoms with van der Waals surface area (Å²) in [6, 6.07) is 5.18. The van der Waals surface area contributed by atoms with Gasteiger partial charge in [0.1, 0.15) is 5.54 Å². The first kappa shape index (κ1) is 12.4. The highest BCUT2D eigenvalue weighted by molar-refractivity contribution is 6.10. The predicted molar refractivity (Wildman–Crippen MR) is 68.9 cm³/mol. The SMILES string of the molecule is COC(=O)c1cccc2c1N(C)C(C)(C)C(=O)N2. The average molecular weight is 248 g/mol. The number of rotatable bonds is 1. The fourth-order valence-corrected chi connectivity index (χ4v) is 1.99. The average Bonchev–Trinajstić information content (AvgIpc) is 2.35. The number of hydrogen-bond donors (Lipinski definition) is 1. The lowest BCUT2D eigenvalue weighted by Crippen LogP contribution is -2.54. The third kappa shape index (κ3) is 1.63. The molecule has 0 atom stereocenters. The van der Waals surface area contributed by atoms with Gasteiger partial charge in [-0.3, -0.25) is 4.79 Å². The summed E-state index contributed by atoms with van der Waals surface area (Å²) in [5, 5.41) is 2.81. The first-order chi connectivity index (χ1) is 8.39. The zero-order valence-corrected chi connectivity index (χ0v) is 10.9. The largest absolute Gasteiger partial charge is 0.465 e. The van der Waals surface area contributed by atoms with Crippen LogP contribution >= 0.6 is 0 Å². The Labute approximate surface area is 106 Å². The van der Waals surface area contributed by atoms with Crippen molar-refractivity contribution in [3.63, 3.8) is 0 Å². The second kappa shape index (κ2) is 4.01. The first-order valence-electron chi connectivity index (χ1n) is 5.66. The van der Waals surface area contributed by atoms with Crippen molar-refractivity contribution in [2.24, 2.45) is 0 Å². The number of para-hydroxylation sites is 1. The number of likely N-dealkylation sites (N-methyl/N-ethyl adjacent to an activating group) is 1. The number of nitrogens with one attached hydrogen (secondary N) is 1. The Morgan fingerprint density at radius 2 is 2.06 bits per heavy atom. The minimum absolute atomic E-state index is 0.0977. The Hall–Kier alpha value is -2.04. The van der Waals surface area contributed by atoms with E-state index in [9.17, 15) is 9.59 Å². The van der Waals surface area contributed by atoms with Gasteiger partial charge in [0.05, 0.1) is 24.0 Å². The van der Waals surface area contributed by atoms with Crippen LogP contribution in [0, 0.1) is 0 Å². The van der Waals surface area contributed by atoms with Crippen LogP contribution < -0.4 is 10.2 Å². The van der Waals surface area contributed by atoms with Gasteiger partial charge in [0, 0.05) is 7.05 Å². The number of nitrogens with zero attached hydrogens (tertiary/aromatic N) is 1. The number of methoxy groups -OCH3 is 1. The molecule has 0 bridgehead atoms. The molecule has 2 rings (SSSR count). The first-order valence-corrected chi connectivity index (χ1v) is 5.66. The molecule has 1 aromatic rings. The smallest absolute Gasteiger partial charge is 0.340 e. The number of benzene rings is 1. The van der Waals surface area contributed by atoms with Crippen molar-refractivity contribution in [2.45, 2.75) is 19.4 Å². The number of carbonyl (C=O) groups is 2. The Balaban J connectivity index is 2.63. The summed E-state index contributed by atoms with van der Waals surface area (Å²) in [5.74, 6) is -0.509. The highest BCUT2D eigenvalue weighted by atomic mass is 16.5. The maximum absolute atomic E-state index is 12.0. The number of amides is 1. The summed E-state index contributed by atoms with van der Waals surface area (Å²) in [4.78, 5) is 25.5. The molecule has 0 spiro atoms. The van der Waals surface area contributed by atoms with Crippen molar-refractivity contribution < 1.29 is 14.3 Å². The molecule has 0 saturated carbocycles. The van der Waals surface area contributed by atoms with Crippen LogP contribution in [0.4, 0.5) is 11.4 Å². The van der Waals surface area contributed by atoms with Gasteiger partial charge < -0.3 is 15.0 Å². The van der Waals surface area contributed by atoms with E-state index in [1.165, 1.54) is 7.11 Å². The third-order valence-corrected chi connectivity index (χ3v) is 3.42. The summed E-state index contributed by atoms with van der Waals surface area (Å²) in [5.41, 5.74) is 1.06. The number of esters is 1. The number of carbonyl (C=O) groups excluding carboxylic acids is 2. The maximum Gasteiger partial charge on any atom is 0.340 e. The van der Waals surface area contributed by atoms with E-state index in [-0.39, 0.29) is 5.91 Å². The van der Waals surface area contributed by atoms with Crippen molar-refractivity contribution in [3.05, 3.63) is 23.8 Å². The van der Waals surface area contributed by atoms with E-state index in [0.29, 0.717) is 16.9 Å². The van der Waals surface area contributed by atoms with Crippen LogP contribution in [-0.2, 0) is 9.53 Å². The van der Waals surface area contributed by atoms with Crippen LogP contribution in [0.25, 0.3) is 0 Å². The second-order valence-corrected chi connectivity index (χ2v) is 4.77. The standard InChI is InChI=1S/C13H16N2O3/c1-13(2)12(17)14-9-7-5-6-8(11(16)18-4)10(9)15(13)3/h5-7H,1-4H3,(H,14,17). The van der Waals surface area contributed by atoms with Gasteiger partial charge in [0.15, 0.2) is 0 Å². The van der Waals surface area contributed by atoms with E-state index in [4.69, 9.17) is 4.74 Å². The van der Waals surface area contributed by atoms with Crippen molar-refractivity contribution in [2.75, 3.05) is 24.4 Å². The second-order valence-electron chi connectivity index (χ2n) is 4.77. The molecule has 5 heteroatoms. The highest BCUT2D eigenvalue weighted by Crippen LogP contribution is 2.38. The van der Waals surface area contributed by atoms with E-state index in [1.54, 1.807) is 44.0 Å². The molecule has 1 aromatic carbocycles. The van der Waals surface area contributed by atoms with E-state index >= 15 is 0 Å². The molecule has 1 N–H and O–H groups in total. The minimum atomic E-state index is -0.711. The van der Waals surface area contributed by atoms with Crippen LogP contribution in [0.5, 0.6) is 0 Å². The van der Waals surface area contributed by atoms with Crippen LogP contribution in [-0.4, -0.2) is 31.6 Å². The predicted octanol–water partition coefficient (Wildman–Crippen LogP) is 1.64. The van der Waals surface area contributed by atoms with E-state index in [2.05, 4.69) is 5.32 Å². The van der Waals surface area contributed by atoms with E-state index in [0.717, 1.165) is 0 Å². The minimum Gasteiger partial charge on any atom is -0.465 e. The normalized spacial score (nSPS) is 16.9. The van der Waals surface area contributed by atoms with Crippen molar-refractivity contribution in [1.29, 1.82) is 0 Å². The molecule has 0 unspecified atom stereocenters. The Morgan fingerprint density at radius 3 is 2.67 bits per heavy atom. The molecule has 1 aliphatic rings. The van der Waals surface area contributed by atoms with Crippen LogP contribution in [0.15, 0.2) is 18.2 Å². The quantitative estimate of drug-likeness (QED) is 0.768. The molecule has 0 radical (unpaired) electrons. The highest BCUT2D eigenvalue weighted by Gasteiger charge is 2.39. The summed E-state index contributed by atoms with van der Waals surface area (Å²) >= 11 is 0. The lowest BCUT2D eigenvalue weighted by atomic mass is 9.95. The number of anilines is 2. The van der Waals surface area contributed by atoms with Crippen molar-refractivity contribution in [3.8, 4) is 0 Å². The molecule has 96 valence electrons. The van der Waals surface area contributed by atoms with Gasteiger partial charge in [0.2, 0.25) is 5.91 Å². The molecule has 1 aliphatic heterocycles. The van der Waals surface area contributed by atoms with Gasteiger partial charge in [-0.1, -0.05) is 6.07 Å². The van der Waals surface area contributed by atoms with Gasteiger partial charge >= 0.3 is 5.97 Å². The van der Waals surface area contributed by atoms with Crippen molar-refractivity contribution >= 4 is 23.3 Å². The van der Waals surface area contributed by atoms with Gasteiger partial charge in [-0.05, 0) is 26.0 Å². The lowest BCUT2D eigenvalue weighted by Gasteiger charge is -2.41. The Morgan fingerprint density at radius 1 is 1.39 bits per heavy atom. The summed E-state index contributed by atoms with van der Waals surface area (Å²) < 4.78 is 4.77. The number of fused-ring (bicyclic) bond motifs is 1. The van der Waals surface area contributed by atoms with Gasteiger partial charge in [-0.2, -0.15) is 0 Å². The van der Waals surface area contributed by atoms with Gasteiger partial charge in [-0.25, -0.2) is 4.79 Å². The molecule has 18 heavy (non-hydrogen) atoms. The zero-order chi connectivity index (χ0) is 13.5. The molecule has 0 aromatic heterocycles. The molecule has 0 saturated heterocycles. The molecular weight excluding hydrogens is 232 g/mol. The van der Waals surface area contributed by atoms with Crippen LogP contribution in [0.1, 0.15) is 24.2 Å². The summed E-state index contributed by atoms with van der Waals surface area (Å²) in [7, 11) is 3.14. The fourth-order valence-electron chi connectivity index (χ4n) is 1.99. The number of ether oxygens (including phenoxy) is 1. The van der Waals surface area contributed by atoms with Gasteiger partial charge in [-0.15, -0.1) is 0 Å². The topological polar surface area (TPSA) is 58.6 Å². The lowest BCUT2D eigenvalue weighted by molar-refractivity contribution is -0.120. The fraction of sp³-hybridized carbons (Fsp3) is 0.385. The Kier molecular flexibility index (Phi) is 2.77. The van der Waals surface area contributed by atoms with Crippen LogP contribution in [0.2, 0.25) is 0 Å². The Bertz CT molecular complexity index is 523. The molecule has 1 heterocycles. The van der Waals surface area contributed by atoms with E-state index in [1.807, 2.05) is 0 Å². The molecule has 5 nitrogen and oxygen atoms in total. The summed E-state index contributed by atoms with van der Waals surface area (Å²) in [6.07, 6.45) is 0. The zero-order valence-electron chi connectivity index (χ0n) is 10.9. The molecular formula is C13H16N2O3. The number of hydrogen-bond acceptors (Lipinski definition) is 4. The summed E-state index contributed by atoms with van der Waals surface area (Å²) in [6.45, 7) is 3.61. The van der Waals surface area contributed by atoms with Crippen molar-refractivity contribution in [1.82, 2.24) is 0 Å². The monoisotopic (exact) mass is 248 g/mol. The molecule has 1 amide bonds. The molecule has 0 fully saturated rings. The van der Waals surface area contributed by atoms with Crippen LogP contribution in [0.3, 0.4) is 0 Å². The van der Waals surface area contributed by atoms with Gasteiger partial charge in [0.25, 0.3) is 0 Å². The molecule has 0 aliphatic carbocycles.